The van der Waals surface area contributed by atoms with Crippen LogP contribution in [-0.4, -0.2) is 0 Å². The fourth-order valence-corrected chi connectivity index (χ4v) is 10.8. The predicted octanol–water partition coefficient (Wildman–Crippen LogP) is 17.9. The van der Waals surface area contributed by atoms with Gasteiger partial charge in [-0.3, -0.25) is 0 Å². The number of nitrogens with zero attached hydrogens (tertiary/aromatic N) is 2. The molecule has 0 amide bonds. The van der Waals surface area contributed by atoms with Crippen LogP contribution >= 0.6 is 0 Å². The highest BCUT2D eigenvalue weighted by Gasteiger charge is 2.29. The van der Waals surface area contributed by atoms with Crippen LogP contribution in [0.25, 0.3) is 76.1 Å². The molecule has 4 nitrogen and oxygen atoms in total. The van der Waals surface area contributed by atoms with Gasteiger partial charge in [-0.1, -0.05) is 158 Å². The molecule has 0 spiro atoms. The largest absolute Gasteiger partial charge is 0.453 e. The Balaban J connectivity index is 0.994. The van der Waals surface area contributed by atoms with E-state index in [0.717, 1.165) is 57.1 Å². The first-order valence-electron chi connectivity index (χ1n) is 22.5. The Morgan fingerprint density at radius 1 is 0.227 bits per heavy atom. The summed E-state index contributed by atoms with van der Waals surface area (Å²) in [5, 5.41) is 12.1. The Hall–Kier alpha value is -8.86. The molecule has 0 bridgehead atoms. The Morgan fingerprint density at radius 2 is 0.515 bits per heavy atom. The minimum absolute atomic E-state index is 0.840. The lowest BCUT2D eigenvalue weighted by atomic mass is 9.85. The maximum absolute atomic E-state index is 6.43. The summed E-state index contributed by atoms with van der Waals surface area (Å²) in [6.45, 7) is 0. The van der Waals surface area contributed by atoms with Crippen molar-refractivity contribution in [3.63, 3.8) is 0 Å². The van der Waals surface area contributed by atoms with Gasteiger partial charge < -0.3 is 19.3 Å². The average molecular weight is 843 g/mol. The van der Waals surface area contributed by atoms with Crippen LogP contribution in [0.1, 0.15) is 0 Å². The second-order valence-electron chi connectivity index (χ2n) is 17.1. The monoisotopic (exact) mass is 842 g/mol. The first-order chi connectivity index (χ1) is 32.8. The summed E-state index contributed by atoms with van der Waals surface area (Å²) in [5.41, 5.74) is 11.1. The summed E-state index contributed by atoms with van der Waals surface area (Å²) >= 11 is 0. The van der Waals surface area contributed by atoms with Crippen LogP contribution in [0.4, 0.5) is 34.1 Å². The fraction of sp³-hybridized carbons (Fsp3) is 0. The Kier molecular flexibility index (Phi) is 7.95. The molecule has 0 saturated carbocycles. The first kappa shape index (κ1) is 36.6. The predicted molar refractivity (Wildman–Crippen MR) is 274 cm³/mol. The molecule has 0 unspecified atom stereocenters. The van der Waals surface area contributed by atoms with Gasteiger partial charge in [0.1, 0.15) is 0 Å². The van der Waals surface area contributed by atoms with Gasteiger partial charge in [-0.15, -0.1) is 0 Å². The zero-order valence-corrected chi connectivity index (χ0v) is 35.7. The zero-order valence-electron chi connectivity index (χ0n) is 35.7. The number of fused-ring (bicyclic) bond motifs is 11. The summed E-state index contributed by atoms with van der Waals surface area (Å²) in [6, 6.07) is 82.9. The van der Waals surface area contributed by atoms with Gasteiger partial charge in [-0.25, -0.2) is 0 Å². The van der Waals surface area contributed by atoms with Gasteiger partial charge in [0.25, 0.3) is 0 Å². The summed E-state index contributed by atoms with van der Waals surface area (Å²) in [7, 11) is 0. The van der Waals surface area contributed by atoms with Gasteiger partial charge in [-0.05, 0) is 138 Å². The molecule has 0 aromatic heterocycles. The van der Waals surface area contributed by atoms with Gasteiger partial charge in [0.05, 0.1) is 34.1 Å². The molecule has 2 heterocycles. The second-order valence-corrected chi connectivity index (χ2v) is 17.1. The van der Waals surface area contributed by atoms with Crippen molar-refractivity contribution in [1.82, 2.24) is 0 Å². The van der Waals surface area contributed by atoms with Gasteiger partial charge in [-0.2, -0.15) is 0 Å². The van der Waals surface area contributed by atoms with Gasteiger partial charge in [0.2, 0.25) is 0 Å². The van der Waals surface area contributed by atoms with E-state index in [-0.39, 0.29) is 0 Å². The summed E-state index contributed by atoms with van der Waals surface area (Å²) in [4.78, 5) is 4.70. The molecule has 308 valence electrons. The molecule has 0 N–H and O–H groups in total. The van der Waals surface area contributed by atoms with Gasteiger partial charge in [0, 0.05) is 10.8 Å². The molecule has 0 radical (unpaired) electrons. The summed E-state index contributed by atoms with van der Waals surface area (Å²) in [6.07, 6.45) is 0. The van der Waals surface area contributed by atoms with Crippen molar-refractivity contribution in [2.45, 2.75) is 0 Å². The van der Waals surface area contributed by atoms with Gasteiger partial charge in [0.15, 0.2) is 23.0 Å². The maximum atomic E-state index is 6.43. The minimum atomic E-state index is 0.840. The number of hydrogen-bond donors (Lipinski definition) is 0. The molecule has 4 heteroatoms. The van der Waals surface area contributed by atoms with Crippen molar-refractivity contribution in [2.24, 2.45) is 0 Å². The van der Waals surface area contributed by atoms with E-state index in [1.165, 1.54) is 76.1 Å². The summed E-state index contributed by atoms with van der Waals surface area (Å²) in [5.74, 6) is 3.36. The molecular formula is C62H38N2O2. The molecule has 12 aromatic carbocycles. The lowest BCUT2D eigenvalue weighted by Crippen LogP contribution is -2.16. The van der Waals surface area contributed by atoms with Crippen molar-refractivity contribution in [1.29, 1.82) is 0 Å². The third kappa shape index (κ3) is 5.39. The first-order valence-corrected chi connectivity index (χ1v) is 22.5. The minimum Gasteiger partial charge on any atom is -0.453 e. The highest BCUT2D eigenvalue weighted by atomic mass is 16.5. The molecule has 14 rings (SSSR count). The van der Waals surface area contributed by atoms with E-state index in [0.29, 0.717) is 0 Å². The molecule has 12 aromatic rings. The van der Waals surface area contributed by atoms with Crippen LogP contribution in [0, 0.1) is 0 Å². The number of ether oxygens (including phenoxy) is 2. The Morgan fingerprint density at radius 3 is 0.879 bits per heavy atom. The second kappa shape index (κ2) is 14.3. The number of rotatable bonds is 4. The highest BCUT2D eigenvalue weighted by molar-refractivity contribution is 6.27. The van der Waals surface area contributed by atoms with E-state index in [1.54, 1.807) is 0 Å². The Labute approximate surface area is 381 Å². The third-order valence-corrected chi connectivity index (χ3v) is 13.6. The van der Waals surface area contributed by atoms with Crippen LogP contribution in [0.2, 0.25) is 0 Å². The van der Waals surface area contributed by atoms with E-state index in [9.17, 15) is 0 Å². The highest BCUT2D eigenvalue weighted by Crippen LogP contribution is 2.55. The van der Waals surface area contributed by atoms with E-state index < -0.39 is 0 Å². The maximum Gasteiger partial charge on any atom is 0.151 e. The third-order valence-electron chi connectivity index (χ3n) is 13.6. The SMILES string of the molecule is c1ccc2c(c1)Oc1ccccc1N2c1ccc(-c2cc3cc(-c4ccc(N5c6ccccc6Oc6ccccc65)c5ccccc45)c4ccccc4c3c3ccccc23)c2ccccc12. The lowest BCUT2D eigenvalue weighted by Gasteiger charge is -2.33. The van der Waals surface area contributed by atoms with E-state index in [1.807, 2.05) is 48.5 Å². The molecule has 0 atom stereocenters. The molecule has 0 saturated heterocycles. The van der Waals surface area contributed by atoms with Crippen LogP contribution in [0.5, 0.6) is 23.0 Å². The molecule has 2 aliphatic rings. The Bertz CT molecular complexity index is 3640. The van der Waals surface area contributed by atoms with Crippen molar-refractivity contribution in [2.75, 3.05) is 9.80 Å². The fourth-order valence-electron chi connectivity index (χ4n) is 10.8. The van der Waals surface area contributed by atoms with Crippen molar-refractivity contribution in [3.8, 4) is 45.3 Å². The zero-order chi connectivity index (χ0) is 43.3. The molecule has 0 fully saturated rings. The van der Waals surface area contributed by atoms with Crippen LogP contribution < -0.4 is 19.3 Å². The number of para-hydroxylation sites is 8. The quantitative estimate of drug-likeness (QED) is 0.165. The van der Waals surface area contributed by atoms with Crippen molar-refractivity contribution < 1.29 is 9.47 Å². The lowest BCUT2D eigenvalue weighted by molar-refractivity contribution is 0.477. The normalized spacial score (nSPS) is 12.7. The molecule has 0 aliphatic carbocycles. The van der Waals surface area contributed by atoms with Crippen molar-refractivity contribution in [3.05, 3.63) is 231 Å². The summed E-state index contributed by atoms with van der Waals surface area (Å²) < 4.78 is 12.9. The van der Waals surface area contributed by atoms with Crippen molar-refractivity contribution >= 4 is 88.0 Å². The average Bonchev–Trinajstić information content (AvgIpc) is 3.38. The van der Waals surface area contributed by atoms with Crippen LogP contribution in [0.15, 0.2) is 231 Å². The van der Waals surface area contributed by atoms with E-state index in [2.05, 4.69) is 192 Å². The standard InChI is InChI=1S/C62H38N2O2/c1-5-21-46-40(17-1)44(33-35-52(46)63-54-25-9-13-29-58(54)65-59-30-14-10-26-55(59)63)50-37-39-38-51(43-20-4-8-24-49(43)62(39)48-23-7-3-19-42(48)50)45-34-36-53(47-22-6-2-18-41(45)47)64-56-27-11-15-31-60(56)66-61-32-16-12-28-57(61)64/h1-38H. The number of anilines is 6. The van der Waals surface area contributed by atoms with Crippen LogP contribution in [0.3, 0.4) is 0 Å². The number of benzene rings is 12. The molecule has 66 heavy (non-hydrogen) atoms. The van der Waals surface area contributed by atoms with Crippen LogP contribution in [-0.2, 0) is 0 Å². The smallest absolute Gasteiger partial charge is 0.151 e. The molecule has 2 aliphatic heterocycles. The number of hydrogen-bond acceptors (Lipinski definition) is 4. The molecular weight excluding hydrogens is 805 g/mol. The topological polar surface area (TPSA) is 24.9 Å². The van der Waals surface area contributed by atoms with E-state index in [4.69, 9.17) is 9.47 Å². The van der Waals surface area contributed by atoms with Gasteiger partial charge >= 0.3 is 0 Å². The van der Waals surface area contributed by atoms with E-state index >= 15 is 0 Å².